The third kappa shape index (κ3) is 4.01. The van der Waals surface area contributed by atoms with Gasteiger partial charge in [-0.25, -0.2) is 0 Å². The molecule has 0 saturated carbocycles. The van der Waals surface area contributed by atoms with Crippen LogP contribution in [0, 0.1) is 0 Å². The van der Waals surface area contributed by atoms with Crippen LogP contribution in [0.1, 0.15) is 0 Å². The summed E-state index contributed by atoms with van der Waals surface area (Å²) in [5.74, 6) is 0. The third-order valence-electron chi connectivity index (χ3n) is 11.8. The molecule has 2 aliphatic rings. The van der Waals surface area contributed by atoms with Crippen molar-refractivity contribution in [2.45, 2.75) is 0 Å². The van der Waals surface area contributed by atoms with E-state index in [4.69, 9.17) is 4.98 Å². The fraction of sp³-hybridized carbons (Fsp3) is 0. The fourth-order valence-corrected chi connectivity index (χ4v) is 9.63. The quantitative estimate of drug-likeness (QED) is 0.180. The summed E-state index contributed by atoms with van der Waals surface area (Å²) in [5, 5.41) is 7.70. The molecule has 0 radical (unpaired) electrons. The largest absolute Gasteiger partial charge is 0.256 e. The van der Waals surface area contributed by atoms with Crippen LogP contribution in [0.2, 0.25) is 0 Å². The predicted molar refractivity (Wildman–Crippen MR) is 227 cm³/mol. The van der Waals surface area contributed by atoms with Crippen molar-refractivity contribution in [3.8, 4) is 89.1 Å². The number of hydrogen-bond acceptors (Lipinski definition) is 1. The Labute approximate surface area is 313 Å². The van der Waals surface area contributed by atoms with Gasteiger partial charge in [-0.15, -0.1) is 0 Å². The molecule has 1 aromatic heterocycles. The van der Waals surface area contributed by atoms with Gasteiger partial charge in [0, 0.05) is 11.8 Å². The van der Waals surface area contributed by atoms with E-state index in [9.17, 15) is 0 Å². The van der Waals surface area contributed by atoms with E-state index in [2.05, 4.69) is 176 Å². The van der Waals surface area contributed by atoms with Crippen LogP contribution in [0.25, 0.3) is 121 Å². The van der Waals surface area contributed by atoms with Gasteiger partial charge in [0.25, 0.3) is 0 Å². The molecule has 9 aromatic carbocycles. The second-order valence-electron chi connectivity index (χ2n) is 14.5. The first-order valence-electron chi connectivity index (χ1n) is 18.7. The van der Waals surface area contributed by atoms with E-state index < -0.39 is 0 Å². The Morgan fingerprint density at radius 3 is 1.48 bits per heavy atom. The SMILES string of the molecule is c1ccc(-c2c3c(c(-c4ccccc4)c4cc(-c5ccc6c7c(cccc57)-c5ccccc5-6)ccc24)-c2cccc4c(-c5ccccn5)ccc-3c24)cc1. The summed E-state index contributed by atoms with van der Waals surface area (Å²) in [5.41, 5.74) is 20.1. The number of pyridine rings is 1. The summed E-state index contributed by atoms with van der Waals surface area (Å²) in [6.45, 7) is 0. The van der Waals surface area contributed by atoms with Crippen LogP contribution in [-0.4, -0.2) is 4.98 Å². The van der Waals surface area contributed by atoms with Crippen LogP contribution in [0.4, 0.5) is 0 Å². The maximum atomic E-state index is 4.79. The standard InChI is InChI=1S/C53H31N/c1-3-13-32(14-4-1)48-43-25-24-34(35-26-28-42-37-18-8-7-17-36(37)40-20-11-19-39(35)50(40)42)31-46(43)49(33-15-5-2-6-16-33)52-44-22-12-21-41-38(47-23-9-10-30-54-47)27-29-45(51(41)44)53(48)52/h1-31H. The Morgan fingerprint density at radius 2 is 0.778 bits per heavy atom. The number of fused-ring (bicyclic) bond motifs is 7. The van der Waals surface area contributed by atoms with Crippen molar-refractivity contribution in [1.29, 1.82) is 0 Å². The van der Waals surface area contributed by atoms with E-state index in [1.54, 1.807) is 0 Å². The van der Waals surface area contributed by atoms with Crippen molar-refractivity contribution in [2.75, 3.05) is 0 Å². The van der Waals surface area contributed by atoms with E-state index >= 15 is 0 Å². The molecule has 1 nitrogen and oxygen atoms in total. The number of nitrogens with zero attached hydrogens (tertiary/aromatic N) is 1. The topological polar surface area (TPSA) is 12.9 Å². The Hall–Kier alpha value is -7.09. The molecule has 248 valence electrons. The van der Waals surface area contributed by atoms with Crippen molar-refractivity contribution >= 4 is 32.3 Å². The molecule has 0 atom stereocenters. The van der Waals surface area contributed by atoms with Crippen molar-refractivity contribution in [2.24, 2.45) is 0 Å². The Morgan fingerprint density at radius 1 is 0.259 bits per heavy atom. The van der Waals surface area contributed by atoms with Gasteiger partial charge in [-0.05, 0) is 128 Å². The van der Waals surface area contributed by atoms with Crippen LogP contribution in [0.3, 0.4) is 0 Å². The van der Waals surface area contributed by atoms with Crippen LogP contribution >= 0.6 is 0 Å². The Kier molecular flexibility index (Phi) is 6.12. The van der Waals surface area contributed by atoms with E-state index in [1.165, 1.54) is 110 Å². The minimum Gasteiger partial charge on any atom is -0.256 e. The molecule has 12 rings (SSSR count). The second kappa shape index (κ2) is 11.2. The molecule has 0 unspecified atom stereocenters. The zero-order valence-corrected chi connectivity index (χ0v) is 29.3. The summed E-state index contributed by atoms with van der Waals surface area (Å²) in [6.07, 6.45) is 1.89. The third-order valence-corrected chi connectivity index (χ3v) is 11.8. The first kappa shape index (κ1) is 29.5. The minimum absolute atomic E-state index is 0.993. The summed E-state index contributed by atoms with van der Waals surface area (Å²) < 4.78 is 0. The van der Waals surface area contributed by atoms with Crippen LogP contribution in [0.5, 0.6) is 0 Å². The molecular formula is C53H31N. The van der Waals surface area contributed by atoms with Gasteiger partial charge in [0.05, 0.1) is 5.69 Å². The lowest BCUT2D eigenvalue weighted by atomic mass is 9.81. The molecule has 0 fully saturated rings. The molecule has 1 heteroatoms. The Balaban J connectivity index is 1.21. The van der Waals surface area contributed by atoms with E-state index in [0.717, 1.165) is 11.3 Å². The predicted octanol–water partition coefficient (Wildman–Crippen LogP) is 14.5. The van der Waals surface area contributed by atoms with Gasteiger partial charge in [-0.2, -0.15) is 0 Å². The molecule has 0 N–H and O–H groups in total. The molecule has 0 aliphatic heterocycles. The zero-order valence-electron chi connectivity index (χ0n) is 29.3. The maximum Gasteiger partial charge on any atom is 0.0708 e. The van der Waals surface area contributed by atoms with Gasteiger partial charge < -0.3 is 0 Å². The van der Waals surface area contributed by atoms with Gasteiger partial charge in [-0.1, -0.05) is 164 Å². The average Bonchev–Trinajstić information content (AvgIpc) is 3.75. The molecule has 2 aliphatic carbocycles. The lowest BCUT2D eigenvalue weighted by Crippen LogP contribution is -1.94. The highest BCUT2D eigenvalue weighted by Crippen LogP contribution is 2.59. The molecular weight excluding hydrogens is 651 g/mol. The molecule has 0 amide bonds. The fourth-order valence-electron chi connectivity index (χ4n) is 9.63. The monoisotopic (exact) mass is 681 g/mol. The number of aromatic nitrogens is 1. The van der Waals surface area contributed by atoms with Crippen LogP contribution in [0.15, 0.2) is 188 Å². The summed E-state index contributed by atoms with van der Waals surface area (Å²) in [6, 6.07) is 67.2. The number of benzene rings is 9. The smallest absolute Gasteiger partial charge is 0.0708 e. The van der Waals surface area contributed by atoms with Gasteiger partial charge in [0.2, 0.25) is 0 Å². The van der Waals surface area contributed by atoms with Crippen LogP contribution in [-0.2, 0) is 0 Å². The number of rotatable bonds is 4. The number of hydrogen-bond donors (Lipinski definition) is 0. The highest BCUT2D eigenvalue weighted by molar-refractivity contribution is 6.29. The van der Waals surface area contributed by atoms with Gasteiger partial charge >= 0.3 is 0 Å². The maximum absolute atomic E-state index is 4.79. The molecule has 0 saturated heterocycles. The van der Waals surface area contributed by atoms with Crippen molar-refractivity contribution < 1.29 is 0 Å². The van der Waals surface area contributed by atoms with Gasteiger partial charge in [-0.3, -0.25) is 4.98 Å². The first-order chi connectivity index (χ1) is 26.8. The summed E-state index contributed by atoms with van der Waals surface area (Å²) in [4.78, 5) is 4.79. The minimum atomic E-state index is 0.993. The highest BCUT2D eigenvalue weighted by Gasteiger charge is 2.32. The van der Waals surface area contributed by atoms with Crippen molar-refractivity contribution in [1.82, 2.24) is 4.98 Å². The molecule has 0 bridgehead atoms. The molecule has 54 heavy (non-hydrogen) atoms. The zero-order chi connectivity index (χ0) is 35.3. The molecule has 10 aromatic rings. The van der Waals surface area contributed by atoms with E-state index in [0.29, 0.717) is 0 Å². The van der Waals surface area contributed by atoms with Gasteiger partial charge in [0.15, 0.2) is 0 Å². The lowest BCUT2D eigenvalue weighted by Gasteiger charge is -2.21. The average molecular weight is 682 g/mol. The first-order valence-corrected chi connectivity index (χ1v) is 18.7. The van der Waals surface area contributed by atoms with Crippen molar-refractivity contribution in [3.05, 3.63) is 188 Å². The lowest BCUT2D eigenvalue weighted by molar-refractivity contribution is 1.33. The van der Waals surface area contributed by atoms with Gasteiger partial charge in [0.1, 0.15) is 0 Å². The van der Waals surface area contributed by atoms with E-state index in [1.807, 2.05) is 12.3 Å². The highest BCUT2D eigenvalue weighted by atomic mass is 14.7. The summed E-state index contributed by atoms with van der Waals surface area (Å²) >= 11 is 0. The van der Waals surface area contributed by atoms with Crippen LogP contribution < -0.4 is 0 Å². The van der Waals surface area contributed by atoms with E-state index in [-0.39, 0.29) is 0 Å². The molecule has 0 spiro atoms. The molecule has 1 heterocycles. The Bertz CT molecular complexity index is 3150. The summed E-state index contributed by atoms with van der Waals surface area (Å²) in [7, 11) is 0. The normalized spacial score (nSPS) is 12.1. The second-order valence-corrected chi connectivity index (χ2v) is 14.5. The van der Waals surface area contributed by atoms with Crippen molar-refractivity contribution in [3.63, 3.8) is 0 Å².